The second kappa shape index (κ2) is 6.19. The van der Waals surface area contributed by atoms with E-state index < -0.39 is 6.36 Å². The minimum atomic E-state index is -4.73. The van der Waals surface area contributed by atoms with E-state index in [9.17, 15) is 13.2 Å². The Hall–Kier alpha value is -0.990. The fourth-order valence-corrected chi connectivity index (χ4v) is 2.80. The van der Waals surface area contributed by atoms with Crippen LogP contribution in [-0.4, -0.2) is 11.3 Å². The first-order valence-electron chi connectivity index (χ1n) is 5.23. The van der Waals surface area contributed by atoms with Crippen LogP contribution < -0.4 is 10.1 Å². The molecule has 0 unspecified atom stereocenters. The maximum Gasteiger partial charge on any atom is 0.573 e. The molecular formula is C11H7BrClF3N2OS. The molecule has 2 aromatic rings. The number of hydrogen-bond acceptors (Lipinski definition) is 4. The molecule has 0 saturated carbocycles. The molecular weight excluding hydrogens is 381 g/mol. The van der Waals surface area contributed by atoms with Crippen molar-refractivity contribution in [3.05, 3.63) is 38.2 Å². The number of benzene rings is 1. The Kier molecular flexibility index (Phi) is 4.77. The molecule has 0 atom stereocenters. The van der Waals surface area contributed by atoms with E-state index in [1.807, 2.05) is 0 Å². The monoisotopic (exact) mass is 386 g/mol. The van der Waals surface area contributed by atoms with Gasteiger partial charge in [-0.2, -0.15) is 0 Å². The Morgan fingerprint density at radius 1 is 1.40 bits per heavy atom. The van der Waals surface area contributed by atoms with Crippen LogP contribution in [0.25, 0.3) is 0 Å². The summed E-state index contributed by atoms with van der Waals surface area (Å²) in [6.45, 7) is 0.401. The Morgan fingerprint density at radius 3 is 2.75 bits per heavy atom. The van der Waals surface area contributed by atoms with E-state index in [4.69, 9.17) is 11.6 Å². The topological polar surface area (TPSA) is 34.1 Å². The lowest BCUT2D eigenvalue weighted by Crippen LogP contribution is -2.17. The molecule has 0 aliphatic heterocycles. The third-order valence-electron chi connectivity index (χ3n) is 2.17. The van der Waals surface area contributed by atoms with E-state index >= 15 is 0 Å². The van der Waals surface area contributed by atoms with Crippen molar-refractivity contribution < 1.29 is 17.9 Å². The normalized spacial score (nSPS) is 11.4. The Labute approximate surface area is 129 Å². The van der Waals surface area contributed by atoms with E-state index in [1.165, 1.54) is 23.5 Å². The van der Waals surface area contributed by atoms with E-state index in [0.29, 0.717) is 16.7 Å². The van der Waals surface area contributed by atoms with E-state index in [1.54, 1.807) is 12.3 Å². The number of alkyl halides is 3. The van der Waals surface area contributed by atoms with Gasteiger partial charge in [-0.15, -0.1) is 24.5 Å². The predicted octanol–water partition coefficient (Wildman–Crippen LogP) is 5.07. The van der Waals surface area contributed by atoms with Crippen molar-refractivity contribution in [2.24, 2.45) is 0 Å². The maximum absolute atomic E-state index is 12.2. The Balaban J connectivity index is 2.10. The molecule has 0 aliphatic rings. The number of hydrogen-bond donors (Lipinski definition) is 1. The first-order chi connectivity index (χ1) is 9.35. The lowest BCUT2D eigenvalue weighted by atomic mass is 10.3. The van der Waals surface area contributed by atoms with Crippen LogP contribution in [0, 0.1) is 0 Å². The number of thiazole rings is 1. The molecule has 3 nitrogen and oxygen atoms in total. The number of nitrogens with one attached hydrogen (secondary N) is 1. The molecule has 2 rings (SSSR count). The van der Waals surface area contributed by atoms with Gasteiger partial charge < -0.3 is 10.1 Å². The van der Waals surface area contributed by atoms with E-state index in [2.05, 4.69) is 31.0 Å². The zero-order chi connectivity index (χ0) is 14.8. The standard InChI is InChI=1S/C11H7BrClF3N2OS/c12-9-7(17-4-6-5-18-10(13)20-6)2-1-3-8(9)19-11(14,15)16/h1-3,5,17H,4H2. The summed E-state index contributed by atoms with van der Waals surface area (Å²) in [5.41, 5.74) is 0.483. The van der Waals surface area contributed by atoms with Crippen molar-refractivity contribution >= 4 is 44.6 Å². The minimum absolute atomic E-state index is 0.202. The van der Waals surface area contributed by atoms with Gasteiger partial charge in [-0.05, 0) is 28.1 Å². The average Bonchev–Trinajstić information content (AvgIpc) is 2.75. The van der Waals surface area contributed by atoms with Crippen LogP contribution in [0.4, 0.5) is 18.9 Å². The van der Waals surface area contributed by atoms with Gasteiger partial charge in [-0.1, -0.05) is 17.7 Å². The summed E-state index contributed by atoms with van der Waals surface area (Å²) in [7, 11) is 0. The smallest absolute Gasteiger partial charge is 0.405 e. The number of rotatable bonds is 4. The molecule has 108 valence electrons. The molecule has 1 aromatic heterocycles. The zero-order valence-corrected chi connectivity index (χ0v) is 12.8. The van der Waals surface area contributed by atoms with Crippen molar-refractivity contribution in [2.45, 2.75) is 12.9 Å². The minimum Gasteiger partial charge on any atom is -0.405 e. The molecule has 0 spiro atoms. The van der Waals surface area contributed by atoms with Crippen molar-refractivity contribution in [3.63, 3.8) is 0 Å². The van der Waals surface area contributed by atoms with Gasteiger partial charge in [0.2, 0.25) is 0 Å². The molecule has 0 saturated heterocycles. The summed E-state index contributed by atoms with van der Waals surface area (Å²) >= 11 is 10.1. The van der Waals surface area contributed by atoms with Gasteiger partial charge in [-0.25, -0.2) is 4.98 Å². The predicted molar refractivity (Wildman–Crippen MR) is 75.3 cm³/mol. The second-order valence-electron chi connectivity index (χ2n) is 3.60. The lowest BCUT2D eigenvalue weighted by molar-refractivity contribution is -0.274. The maximum atomic E-state index is 12.2. The van der Waals surface area contributed by atoms with Gasteiger partial charge in [0.1, 0.15) is 5.75 Å². The SMILES string of the molecule is FC(F)(F)Oc1cccc(NCc2cnc(Cl)s2)c1Br. The van der Waals surface area contributed by atoms with E-state index in [-0.39, 0.29) is 10.2 Å². The average molecular weight is 388 g/mol. The molecule has 20 heavy (non-hydrogen) atoms. The molecule has 1 heterocycles. The molecule has 0 aliphatic carbocycles. The first kappa shape index (κ1) is 15.4. The quantitative estimate of drug-likeness (QED) is 0.795. The summed E-state index contributed by atoms with van der Waals surface area (Å²) in [6.07, 6.45) is -3.13. The highest BCUT2D eigenvalue weighted by atomic mass is 79.9. The molecule has 9 heteroatoms. The highest BCUT2D eigenvalue weighted by Crippen LogP contribution is 2.36. The van der Waals surface area contributed by atoms with Crippen LogP contribution in [0.15, 0.2) is 28.9 Å². The van der Waals surface area contributed by atoms with E-state index in [0.717, 1.165) is 4.88 Å². The summed E-state index contributed by atoms with van der Waals surface area (Å²) in [5.74, 6) is -0.301. The van der Waals surface area contributed by atoms with Crippen molar-refractivity contribution in [1.82, 2.24) is 4.98 Å². The van der Waals surface area contributed by atoms with Crippen LogP contribution in [0.2, 0.25) is 4.47 Å². The van der Waals surface area contributed by atoms with Crippen LogP contribution >= 0.6 is 38.9 Å². The van der Waals surface area contributed by atoms with Crippen LogP contribution in [0.1, 0.15) is 4.88 Å². The van der Waals surface area contributed by atoms with Gasteiger partial charge in [0, 0.05) is 11.1 Å². The third kappa shape index (κ3) is 4.26. The van der Waals surface area contributed by atoms with Gasteiger partial charge in [0.15, 0.2) is 4.47 Å². The van der Waals surface area contributed by atoms with Crippen LogP contribution in [0.3, 0.4) is 0 Å². The van der Waals surface area contributed by atoms with Gasteiger partial charge in [0.05, 0.1) is 16.7 Å². The van der Waals surface area contributed by atoms with Crippen molar-refractivity contribution in [3.8, 4) is 5.75 Å². The molecule has 0 bridgehead atoms. The highest BCUT2D eigenvalue weighted by Gasteiger charge is 2.32. The van der Waals surface area contributed by atoms with Gasteiger partial charge in [0.25, 0.3) is 0 Å². The third-order valence-corrected chi connectivity index (χ3v) is 4.10. The lowest BCUT2D eigenvalue weighted by Gasteiger charge is -2.13. The molecule has 0 radical (unpaired) electrons. The number of anilines is 1. The highest BCUT2D eigenvalue weighted by molar-refractivity contribution is 9.10. The van der Waals surface area contributed by atoms with Crippen molar-refractivity contribution in [2.75, 3.05) is 5.32 Å². The number of nitrogens with zero attached hydrogens (tertiary/aromatic N) is 1. The summed E-state index contributed by atoms with van der Waals surface area (Å²) in [4.78, 5) is 4.74. The fraction of sp³-hybridized carbons (Fsp3) is 0.182. The summed E-state index contributed by atoms with van der Waals surface area (Å²) in [5, 5.41) is 2.99. The summed E-state index contributed by atoms with van der Waals surface area (Å²) < 4.78 is 41.2. The molecule has 0 fully saturated rings. The largest absolute Gasteiger partial charge is 0.573 e. The number of aromatic nitrogens is 1. The Morgan fingerprint density at radius 2 is 2.15 bits per heavy atom. The molecule has 0 amide bonds. The molecule has 1 aromatic carbocycles. The second-order valence-corrected chi connectivity index (χ2v) is 6.09. The molecule has 1 N–H and O–H groups in total. The van der Waals surface area contributed by atoms with Crippen molar-refractivity contribution in [1.29, 1.82) is 0 Å². The first-order valence-corrected chi connectivity index (χ1v) is 7.22. The van der Waals surface area contributed by atoms with Crippen LogP contribution in [0.5, 0.6) is 5.75 Å². The zero-order valence-electron chi connectivity index (χ0n) is 9.67. The number of ether oxygens (including phenoxy) is 1. The van der Waals surface area contributed by atoms with Gasteiger partial charge in [-0.3, -0.25) is 0 Å². The summed E-state index contributed by atoms with van der Waals surface area (Å²) in [6, 6.07) is 4.33. The van der Waals surface area contributed by atoms with Crippen LogP contribution in [-0.2, 0) is 6.54 Å². The fourth-order valence-electron chi connectivity index (χ4n) is 1.40. The Bertz CT molecular complexity index is 606. The van der Waals surface area contributed by atoms with Gasteiger partial charge >= 0.3 is 6.36 Å². The number of halogens is 5.